The number of Topliss-reactive ketones (excluding diaryl/α,β-unsaturated/α-hetero) is 1. The second-order valence-electron chi connectivity index (χ2n) is 7.62. The molecule has 1 aromatic heterocycles. The van der Waals surface area contributed by atoms with Gasteiger partial charge in [-0.3, -0.25) is 9.59 Å². The normalized spacial score (nSPS) is 20.2. The summed E-state index contributed by atoms with van der Waals surface area (Å²) < 4.78 is 7.15. The number of ketones is 1. The number of methoxy groups -OCH3 is 1. The van der Waals surface area contributed by atoms with Gasteiger partial charge in [-0.1, -0.05) is 6.07 Å². The van der Waals surface area contributed by atoms with Gasteiger partial charge in [0.2, 0.25) is 5.91 Å². The molecule has 5 nitrogen and oxygen atoms in total. The average molecular weight is 354 g/mol. The molecule has 0 N–H and O–H groups in total. The van der Waals surface area contributed by atoms with Crippen LogP contribution in [0.1, 0.15) is 40.9 Å². The molecule has 4 rings (SSSR count). The monoisotopic (exact) mass is 354 g/mol. The third-order valence-electron chi connectivity index (χ3n) is 5.85. The van der Waals surface area contributed by atoms with Crippen molar-refractivity contribution in [1.29, 1.82) is 0 Å². The summed E-state index contributed by atoms with van der Waals surface area (Å²) in [6, 6.07) is 6.53. The Morgan fingerprint density at radius 2 is 2.08 bits per heavy atom. The molecule has 2 heterocycles. The maximum atomic E-state index is 12.3. The minimum Gasteiger partial charge on any atom is -0.383 e. The van der Waals surface area contributed by atoms with Gasteiger partial charge in [-0.05, 0) is 48.4 Å². The van der Waals surface area contributed by atoms with Gasteiger partial charge in [0.1, 0.15) is 0 Å². The number of benzene rings is 1. The smallest absolute Gasteiger partial charge is 0.223 e. The highest BCUT2D eigenvalue weighted by molar-refractivity contribution is 6.04. The average Bonchev–Trinajstić information content (AvgIpc) is 3.11. The molecule has 1 aliphatic heterocycles. The molecule has 2 aliphatic rings. The highest BCUT2D eigenvalue weighted by Crippen LogP contribution is 2.33. The second-order valence-corrected chi connectivity index (χ2v) is 7.62. The summed E-state index contributed by atoms with van der Waals surface area (Å²) in [6.07, 6.45) is 4.11. The van der Waals surface area contributed by atoms with E-state index in [0.29, 0.717) is 31.9 Å². The number of hydrogen-bond acceptors (Lipinski definition) is 3. The van der Waals surface area contributed by atoms with E-state index < -0.39 is 0 Å². The maximum absolute atomic E-state index is 12.3. The first kappa shape index (κ1) is 17.3. The number of aromatic nitrogens is 1. The van der Waals surface area contributed by atoms with Crippen LogP contribution in [0.25, 0.3) is 10.9 Å². The fourth-order valence-electron chi connectivity index (χ4n) is 4.59. The molecule has 0 saturated carbocycles. The quantitative estimate of drug-likeness (QED) is 0.830. The van der Waals surface area contributed by atoms with Gasteiger partial charge in [0, 0.05) is 51.0 Å². The van der Waals surface area contributed by atoms with E-state index in [1.807, 2.05) is 11.9 Å². The predicted octanol–water partition coefficient (Wildman–Crippen LogP) is 2.73. The Kier molecular flexibility index (Phi) is 4.57. The fourth-order valence-corrected chi connectivity index (χ4v) is 4.59. The number of ether oxygens (including phenoxy) is 1. The van der Waals surface area contributed by atoms with E-state index in [1.165, 1.54) is 16.5 Å². The third kappa shape index (κ3) is 2.94. The van der Waals surface area contributed by atoms with Crippen molar-refractivity contribution >= 4 is 22.6 Å². The van der Waals surface area contributed by atoms with Gasteiger partial charge in [0.25, 0.3) is 0 Å². The Labute approximate surface area is 153 Å². The summed E-state index contributed by atoms with van der Waals surface area (Å²) in [4.78, 5) is 26.4. The highest BCUT2D eigenvalue weighted by Gasteiger charge is 2.30. The van der Waals surface area contributed by atoms with Crippen LogP contribution in [0.15, 0.2) is 18.2 Å². The number of likely N-dealkylation sites (tertiary alicyclic amines) is 1. The standard InChI is InChI=1S/C21H26N2O3/c1-22-18-7-6-14(10-15-12-20(25)23(13-15)8-9-26-2)11-17(18)16-4-3-5-19(24)21(16)22/h6-7,11,15H,3-5,8-10,12-13H2,1-2H3. The largest absolute Gasteiger partial charge is 0.383 e. The van der Waals surface area contributed by atoms with E-state index in [9.17, 15) is 9.59 Å². The molecule has 0 radical (unpaired) electrons. The van der Waals surface area contributed by atoms with Crippen LogP contribution in [-0.2, 0) is 29.4 Å². The molecule has 138 valence electrons. The second kappa shape index (κ2) is 6.88. The van der Waals surface area contributed by atoms with E-state index >= 15 is 0 Å². The van der Waals surface area contributed by atoms with Gasteiger partial charge in [-0.25, -0.2) is 0 Å². The summed E-state index contributed by atoms with van der Waals surface area (Å²) in [7, 11) is 3.66. The lowest BCUT2D eigenvalue weighted by Crippen LogP contribution is -2.28. The highest BCUT2D eigenvalue weighted by atomic mass is 16.5. The molecular weight excluding hydrogens is 328 g/mol. The van der Waals surface area contributed by atoms with Crippen molar-refractivity contribution in [3.63, 3.8) is 0 Å². The van der Waals surface area contributed by atoms with Gasteiger partial charge in [-0.2, -0.15) is 0 Å². The summed E-state index contributed by atoms with van der Waals surface area (Å²) in [6.45, 7) is 2.08. The molecule has 5 heteroatoms. The van der Waals surface area contributed by atoms with Crippen LogP contribution in [-0.4, -0.2) is 48.0 Å². The topological polar surface area (TPSA) is 51.5 Å². The minimum absolute atomic E-state index is 0.232. The Morgan fingerprint density at radius 1 is 1.23 bits per heavy atom. The number of carbonyl (C=O) groups excluding carboxylic acids is 2. The van der Waals surface area contributed by atoms with Crippen molar-refractivity contribution in [2.45, 2.75) is 32.1 Å². The third-order valence-corrected chi connectivity index (χ3v) is 5.85. The molecular formula is C21H26N2O3. The molecule has 1 unspecified atom stereocenters. The molecule has 1 fully saturated rings. The summed E-state index contributed by atoms with van der Waals surface area (Å²) in [5.41, 5.74) is 4.50. The SMILES string of the molecule is COCCN1CC(Cc2ccc3c(c2)c2c(n3C)C(=O)CCC2)CC1=O. The molecule has 26 heavy (non-hydrogen) atoms. The first-order valence-corrected chi connectivity index (χ1v) is 9.48. The number of amides is 1. The molecule has 0 spiro atoms. The van der Waals surface area contributed by atoms with Crippen molar-refractivity contribution in [2.24, 2.45) is 13.0 Å². The van der Waals surface area contributed by atoms with Crippen molar-refractivity contribution in [2.75, 3.05) is 26.8 Å². The number of aryl methyl sites for hydroxylation is 2. The maximum Gasteiger partial charge on any atom is 0.223 e. The molecule has 0 bridgehead atoms. The van der Waals surface area contributed by atoms with Crippen LogP contribution < -0.4 is 0 Å². The van der Waals surface area contributed by atoms with Gasteiger partial charge < -0.3 is 14.2 Å². The Morgan fingerprint density at radius 3 is 2.88 bits per heavy atom. The Bertz CT molecular complexity index is 868. The fraction of sp³-hybridized carbons (Fsp3) is 0.524. The van der Waals surface area contributed by atoms with Crippen molar-refractivity contribution < 1.29 is 14.3 Å². The van der Waals surface area contributed by atoms with Crippen LogP contribution in [0.3, 0.4) is 0 Å². The molecule has 1 atom stereocenters. The summed E-state index contributed by atoms with van der Waals surface area (Å²) >= 11 is 0. The van der Waals surface area contributed by atoms with E-state index in [0.717, 1.165) is 37.0 Å². The van der Waals surface area contributed by atoms with Gasteiger partial charge in [0.15, 0.2) is 5.78 Å². The minimum atomic E-state index is 0.232. The number of fused-ring (bicyclic) bond motifs is 3. The number of carbonyl (C=O) groups is 2. The lowest BCUT2D eigenvalue weighted by molar-refractivity contribution is -0.128. The zero-order chi connectivity index (χ0) is 18.3. The van der Waals surface area contributed by atoms with Crippen molar-refractivity contribution in [3.05, 3.63) is 35.0 Å². The molecule has 2 aromatic rings. The number of hydrogen-bond donors (Lipinski definition) is 0. The lowest BCUT2D eigenvalue weighted by atomic mass is 9.92. The van der Waals surface area contributed by atoms with E-state index in [4.69, 9.17) is 4.74 Å². The van der Waals surface area contributed by atoms with E-state index in [1.54, 1.807) is 7.11 Å². The van der Waals surface area contributed by atoms with Crippen molar-refractivity contribution in [1.82, 2.24) is 9.47 Å². The predicted molar refractivity (Wildman–Crippen MR) is 100 cm³/mol. The van der Waals surface area contributed by atoms with Crippen LogP contribution >= 0.6 is 0 Å². The molecule has 1 saturated heterocycles. The first-order chi connectivity index (χ1) is 12.6. The molecule has 1 aliphatic carbocycles. The number of rotatable bonds is 5. The first-order valence-electron chi connectivity index (χ1n) is 9.48. The lowest BCUT2D eigenvalue weighted by Gasteiger charge is -2.16. The number of nitrogens with zero attached hydrogens (tertiary/aromatic N) is 2. The van der Waals surface area contributed by atoms with Crippen LogP contribution in [0.5, 0.6) is 0 Å². The summed E-state index contributed by atoms with van der Waals surface area (Å²) in [5.74, 6) is 0.857. The Hall–Kier alpha value is -2.14. The van der Waals surface area contributed by atoms with Crippen LogP contribution in [0.4, 0.5) is 0 Å². The molecule has 1 amide bonds. The van der Waals surface area contributed by atoms with Crippen LogP contribution in [0.2, 0.25) is 0 Å². The van der Waals surface area contributed by atoms with Gasteiger partial charge in [-0.15, -0.1) is 0 Å². The zero-order valence-electron chi connectivity index (χ0n) is 15.6. The summed E-state index contributed by atoms with van der Waals surface area (Å²) in [5, 5.41) is 1.22. The van der Waals surface area contributed by atoms with E-state index in [-0.39, 0.29) is 11.7 Å². The van der Waals surface area contributed by atoms with E-state index in [2.05, 4.69) is 22.8 Å². The zero-order valence-corrected chi connectivity index (χ0v) is 15.6. The van der Waals surface area contributed by atoms with Crippen LogP contribution in [0, 0.1) is 5.92 Å². The van der Waals surface area contributed by atoms with Gasteiger partial charge in [0.05, 0.1) is 12.3 Å². The Balaban J connectivity index is 1.57. The van der Waals surface area contributed by atoms with Crippen molar-refractivity contribution in [3.8, 4) is 0 Å². The molecule has 1 aromatic carbocycles. The van der Waals surface area contributed by atoms with Gasteiger partial charge >= 0.3 is 0 Å².